The van der Waals surface area contributed by atoms with Crippen LogP contribution in [-0.2, 0) is 0 Å². The molecule has 10 heteroatoms. The van der Waals surface area contributed by atoms with Crippen LogP contribution in [0.4, 0.5) is 0 Å². The number of aromatic amines is 2. The van der Waals surface area contributed by atoms with Gasteiger partial charge in [0.1, 0.15) is 22.6 Å². The van der Waals surface area contributed by atoms with Crippen LogP contribution < -0.4 is 0 Å². The Kier molecular flexibility index (Phi) is 5.52. The molecule has 11 rings (SSSR count). The van der Waals surface area contributed by atoms with Crippen molar-refractivity contribution in [2.75, 3.05) is 0 Å². The largest absolute Gasteiger partial charge is 0.324 e. The molecule has 2 atom stereocenters. The first-order chi connectivity index (χ1) is 24.3. The van der Waals surface area contributed by atoms with Crippen molar-refractivity contribution < 1.29 is 0 Å². The maximum absolute atomic E-state index is 5.37. The summed E-state index contributed by atoms with van der Waals surface area (Å²) in [4.78, 5) is 41.1. The second-order valence-electron chi connectivity index (χ2n) is 13.6. The minimum atomic E-state index is -0.222. The molecule has 2 N–H and O–H groups in total. The minimum absolute atomic E-state index is 0.222. The number of benzene rings is 3. The van der Waals surface area contributed by atoms with Crippen molar-refractivity contribution in [3.63, 3.8) is 0 Å². The molecule has 5 aliphatic rings. The highest BCUT2D eigenvalue weighted by Gasteiger charge is 2.59. The molecule has 8 bridgehead atoms. The van der Waals surface area contributed by atoms with Crippen molar-refractivity contribution in [3.8, 4) is 22.8 Å². The van der Waals surface area contributed by atoms with Gasteiger partial charge in [-0.25, -0.2) is 29.9 Å². The van der Waals surface area contributed by atoms with E-state index in [-0.39, 0.29) is 9.49 Å². The second-order valence-corrected chi connectivity index (χ2v) is 16.9. The predicted octanol–water partition coefficient (Wildman–Crippen LogP) is 9.57. The summed E-state index contributed by atoms with van der Waals surface area (Å²) in [6.45, 7) is 9.17. The van der Waals surface area contributed by atoms with Gasteiger partial charge in [-0.2, -0.15) is 0 Å². The van der Waals surface area contributed by atoms with Crippen molar-refractivity contribution in [2.24, 2.45) is 0 Å². The number of H-pyrrole nitrogens is 2. The average molecular weight is 685 g/mol. The lowest BCUT2D eigenvalue weighted by atomic mass is 9.71. The minimum Gasteiger partial charge on any atom is -0.324 e. The Morgan fingerprint density at radius 2 is 0.800 bits per heavy atom. The van der Waals surface area contributed by atoms with Crippen LogP contribution in [0.2, 0.25) is 0 Å². The van der Waals surface area contributed by atoms with Gasteiger partial charge < -0.3 is 9.97 Å². The summed E-state index contributed by atoms with van der Waals surface area (Å²) in [5.74, 6) is 2.50. The summed E-state index contributed by atoms with van der Waals surface area (Å²) in [5, 5.41) is 3.85. The van der Waals surface area contributed by atoms with E-state index in [0.717, 1.165) is 43.8 Å². The number of nitrogens with zero attached hydrogens (tertiary/aromatic N) is 6. The Morgan fingerprint density at radius 3 is 1.20 bits per heavy atom. The fourth-order valence-corrected chi connectivity index (χ4v) is 11.3. The molecule has 0 fully saturated rings. The topological polar surface area (TPSA) is 109 Å². The lowest BCUT2D eigenvalue weighted by Crippen LogP contribution is -2.47. The molecule has 50 heavy (non-hydrogen) atoms. The first-order valence-electron chi connectivity index (χ1n) is 16.6. The van der Waals surface area contributed by atoms with Crippen LogP contribution in [0.1, 0.15) is 39.3 Å². The standard InChI is InChI=1S/C40H28N8S2/c1-19-17-27-29-30(28-18-20(2)50-40(28,4)39(27,3)49-19)38-47-36-26-16-10-8-14-24(26)34(45-36)43-32-22-12-6-5-11-21(22)31(41-32)42-33-23-13-7-9-15-25(23)35(44-33)46-37(29)48-38/h5-18H,1-4H3,(H2,41,42,43,44,45,46,47,48). The Morgan fingerprint density at radius 1 is 0.460 bits per heavy atom. The summed E-state index contributed by atoms with van der Waals surface area (Å²) in [6.07, 6.45) is 4.68. The zero-order valence-corrected chi connectivity index (χ0v) is 29.2. The van der Waals surface area contributed by atoms with Gasteiger partial charge in [0.15, 0.2) is 23.3 Å². The molecular formula is C40H28N8S2. The average Bonchev–Trinajstić information content (AvgIpc) is 3.94. The number of nitrogens with one attached hydrogen (secondary N) is 2. The summed E-state index contributed by atoms with van der Waals surface area (Å²) in [5.41, 5.74) is 9.22. The number of rotatable bonds is 0. The summed E-state index contributed by atoms with van der Waals surface area (Å²) in [7, 11) is 0. The van der Waals surface area contributed by atoms with Crippen LogP contribution in [0.25, 0.3) is 78.1 Å². The molecule has 0 saturated carbocycles. The molecule has 1 aliphatic carbocycles. The highest BCUT2D eigenvalue weighted by molar-refractivity contribution is 8.09. The fraction of sp³-hybridized carbons (Fsp3) is 0.150. The molecule has 0 amide bonds. The van der Waals surface area contributed by atoms with Gasteiger partial charge >= 0.3 is 0 Å². The van der Waals surface area contributed by atoms with Crippen LogP contribution in [0.3, 0.4) is 0 Å². The number of fused-ring (bicyclic) bond motifs is 23. The van der Waals surface area contributed by atoms with Gasteiger partial charge in [-0.1, -0.05) is 72.8 Å². The van der Waals surface area contributed by atoms with E-state index in [2.05, 4.69) is 74.1 Å². The highest BCUT2D eigenvalue weighted by Crippen LogP contribution is 2.69. The summed E-state index contributed by atoms with van der Waals surface area (Å²) < 4.78 is -0.444. The molecule has 4 aliphatic heterocycles. The molecule has 8 nitrogen and oxygen atoms in total. The van der Waals surface area contributed by atoms with E-state index in [1.54, 1.807) is 0 Å². The number of aromatic nitrogens is 8. The van der Waals surface area contributed by atoms with Gasteiger partial charge in [0.2, 0.25) is 0 Å². The molecule has 3 aromatic carbocycles. The fourth-order valence-electron chi connectivity index (χ4n) is 8.26. The van der Waals surface area contributed by atoms with E-state index >= 15 is 0 Å². The van der Waals surface area contributed by atoms with Crippen LogP contribution in [0.5, 0.6) is 0 Å². The predicted molar refractivity (Wildman–Crippen MR) is 205 cm³/mol. The normalized spacial score (nSPS) is 22.1. The molecule has 6 aromatic rings. The molecular weight excluding hydrogens is 657 g/mol. The van der Waals surface area contributed by atoms with Crippen LogP contribution in [-0.4, -0.2) is 49.4 Å². The van der Waals surface area contributed by atoms with Gasteiger partial charge in [0.05, 0.1) is 9.49 Å². The van der Waals surface area contributed by atoms with Gasteiger partial charge in [0.25, 0.3) is 0 Å². The SMILES string of the molecule is CC1=CC2=C3C(=C4C=C(C)SC4(C)C2(C)S1)c1nc3nc2[nH]c(nc3nc(nc4[nH]c(n1)c1ccccc41)-c1ccccc1-3)c1ccccc21. The zero-order valence-electron chi connectivity index (χ0n) is 27.6. The molecule has 0 saturated heterocycles. The third kappa shape index (κ3) is 3.64. The molecule has 0 radical (unpaired) electrons. The number of thioether (sulfide) groups is 2. The Bertz CT molecular complexity index is 2700. The Balaban J connectivity index is 1.36. The zero-order chi connectivity index (χ0) is 33.5. The number of hydrogen-bond donors (Lipinski definition) is 2. The van der Waals surface area contributed by atoms with Gasteiger partial charge in [-0.05, 0) is 60.8 Å². The van der Waals surface area contributed by atoms with Crippen molar-refractivity contribution in [2.45, 2.75) is 37.2 Å². The highest BCUT2D eigenvalue weighted by atomic mass is 32.2. The van der Waals surface area contributed by atoms with Crippen LogP contribution in [0, 0.1) is 0 Å². The van der Waals surface area contributed by atoms with Crippen molar-refractivity contribution in [3.05, 3.63) is 118 Å². The molecule has 240 valence electrons. The van der Waals surface area contributed by atoms with Crippen molar-refractivity contribution in [1.82, 2.24) is 39.9 Å². The molecule has 0 spiro atoms. The third-order valence-corrected chi connectivity index (χ3v) is 13.7. The van der Waals surface area contributed by atoms with Gasteiger partial charge in [-0.3, -0.25) is 0 Å². The maximum Gasteiger partial charge on any atom is 0.165 e. The van der Waals surface area contributed by atoms with Crippen molar-refractivity contribution >= 4 is 78.8 Å². The van der Waals surface area contributed by atoms with E-state index in [9.17, 15) is 0 Å². The maximum atomic E-state index is 5.37. The Labute approximate surface area is 295 Å². The van der Waals surface area contributed by atoms with Crippen molar-refractivity contribution in [1.29, 1.82) is 0 Å². The number of hydrogen-bond acceptors (Lipinski definition) is 8. The van der Waals surface area contributed by atoms with E-state index in [4.69, 9.17) is 29.9 Å². The van der Waals surface area contributed by atoms with Gasteiger partial charge in [-0.15, -0.1) is 23.5 Å². The molecule has 2 unspecified atom stereocenters. The lowest BCUT2D eigenvalue weighted by molar-refractivity contribution is 0.625. The monoisotopic (exact) mass is 684 g/mol. The smallest absolute Gasteiger partial charge is 0.165 e. The molecule has 3 aromatic heterocycles. The summed E-state index contributed by atoms with van der Waals surface area (Å²) in [6, 6.07) is 24.6. The number of allylic oxidation sites excluding steroid dienone is 6. The van der Waals surface area contributed by atoms with Crippen LogP contribution in [0.15, 0.2) is 106 Å². The first kappa shape index (κ1) is 28.5. The Hall–Kier alpha value is -5.32. The molecule has 7 heterocycles. The first-order valence-corrected chi connectivity index (χ1v) is 18.3. The lowest BCUT2D eigenvalue weighted by Gasteiger charge is -2.46. The van der Waals surface area contributed by atoms with E-state index < -0.39 is 0 Å². The van der Waals surface area contributed by atoms with E-state index in [0.29, 0.717) is 45.9 Å². The quantitative estimate of drug-likeness (QED) is 0.163. The van der Waals surface area contributed by atoms with E-state index in [1.807, 2.05) is 72.1 Å². The second kappa shape index (κ2) is 9.68. The third-order valence-electron chi connectivity index (χ3n) is 10.7. The van der Waals surface area contributed by atoms with E-state index in [1.165, 1.54) is 21.0 Å². The van der Waals surface area contributed by atoms with Crippen LogP contribution >= 0.6 is 23.5 Å². The summed E-state index contributed by atoms with van der Waals surface area (Å²) >= 11 is 3.89. The van der Waals surface area contributed by atoms with Gasteiger partial charge in [0, 0.05) is 43.8 Å².